The number of aliphatic hydroxyl groups is 1. The Morgan fingerprint density at radius 1 is 1.04 bits per heavy atom. The molecular weight excluding hydrogens is 324 g/mol. The lowest BCUT2D eigenvalue weighted by atomic mass is 9.85. The Morgan fingerprint density at radius 3 is 2.36 bits per heavy atom. The molecule has 1 aliphatic heterocycles. The van der Waals surface area contributed by atoms with E-state index in [1.165, 1.54) is 0 Å². The minimum atomic E-state index is -0.935. The lowest BCUT2D eigenvalue weighted by molar-refractivity contribution is -0.137. The van der Waals surface area contributed by atoms with Gasteiger partial charge in [0.2, 0.25) is 0 Å². The standard InChI is InChI=1S/C18H32N2O5/c1-2-3-6-9-14(21)11-13-18(16(24)19-17(25)20-18)12-8-5-4-7-10-15(22)23/h14,21H,2-13H2,1H3,(H,22,23)(H2,19,20,24,25). The van der Waals surface area contributed by atoms with Gasteiger partial charge in [0, 0.05) is 6.42 Å². The molecule has 0 aromatic heterocycles. The van der Waals surface area contributed by atoms with Crippen molar-refractivity contribution in [1.82, 2.24) is 10.6 Å². The van der Waals surface area contributed by atoms with Crippen molar-refractivity contribution in [3.8, 4) is 0 Å². The Bertz CT molecular complexity index is 455. The molecule has 0 aromatic carbocycles. The first-order valence-corrected chi connectivity index (χ1v) is 9.43. The van der Waals surface area contributed by atoms with Gasteiger partial charge in [-0.25, -0.2) is 4.79 Å². The maximum Gasteiger partial charge on any atom is 0.322 e. The highest BCUT2D eigenvalue weighted by atomic mass is 16.4. The van der Waals surface area contributed by atoms with Crippen LogP contribution in [0.3, 0.4) is 0 Å². The van der Waals surface area contributed by atoms with Crippen molar-refractivity contribution >= 4 is 17.9 Å². The highest BCUT2D eigenvalue weighted by Gasteiger charge is 2.45. The summed E-state index contributed by atoms with van der Waals surface area (Å²) < 4.78 is 0. The lowest BCUT2D eigenvalue weighted by Crippen LogP contribution is -2.47. The fraction of sp³-hybridized carbons (Fsp3) is 0.833. The average molecular weight is 356 g/mol. The smallest absolute Gasteiger partial charge is 0.322 e. The van der Waals surface area contributed by atoms with Gasteiger partial charge in [-0.2, -0.15) is 0 Å². The summed E-state index contributed by atoms with van der Waals surface area (Å²) in [7, 11) is 0. The van der Waals surface area contributed by atoms with Crippen molar-refractivity contribution < 1.29 is 24.6 Å². The van der Waals surface area contributed by atoms with E-state index < -0.39 is 23.6 Å². The minimum Gasteiger partial charge on any atom is -0.481 e. The molecule has 1 rings (SSSR count). The number of carbonyl (C=O) groups excluding carboxylic acids is 2. The maximum atomic E-state index is 12.2. The predicted molar refractivity (Wildman–Crippen MR) is 94.1 cm³/mol. The first kappa shape index (κ1) is 21.4. The summed E-state index contributed by atoms with van der Waals surface area (Å²) in [5.74, 6) is -1.11. The fourth-order valence-corrected chi connectivity index (χ4v) is 3.25. The third-order valence-electron chi connectivity index (χ3n) is 4.80. The Kier molecular flexibility index (Phi) is 9.49. The van der Waals surface area contributed by atoms with E-state index >= 15 is 0 Å². The van der Waals surface area contributed by atoms with E-state index in [9.17, 15) is 19.5 Å². The van der Waals surface area contributed by atoms with Gasteiger partial charge in [0.15, 0.2) is 0 Å². The van der Waals surface area contributed by atoms with Crippen LogP contribution < -0.4 is 10.6 Å². The van der Waals surface area contributed by atoms with Gasteiger partial charge in [0.25, 0.3) is 5.91 Å². The topological polar surface area (TPSA) is 116 Å². The number of unbranched alkanes of at least 4 members (excludes halogenated alkanes) is 5. The molecule has 4 N–H and O–H groups in total. The largest absolute Gasteiger partial charge is 0.481 e. The van der Waals surface area contributed by atoms with Crippen LogP contribution in [0.15, 0.2) is 0 Å². The van der Waals surface area contributed by atoms with Crippen molar-refractivity contribution in [1.29, 1.82) is 0 Å². The summed E-state index contributed by atoms with van der Waals surface area (Å²) in [6, 6.07) is -0.476. The number of carboxylic acids is 1. The second-order valence-electron chi connectivity index (χ2n) is 6.99. The van der Waals surface area contributed by atoms with Gasteiger partial charge >= 0.3 is 12.0 Å². The zero-order valence-corrected chi connectivity index (χ0v) is 15.2. The van der Waals surface area contributed by atoms with Crippen LogP contribution in [0, 0.1) is 0 Å². The van der Waals surface area contributed by atoms with Crippen LogP contribution in [0.5, 0.6) is 0 Å². The Labute approximate surface area is 149 Å². The van der Waals surface area contributed by atoms with Crippen LogP contribution in [-0.4, -0.2) is 39.8 Å². The van der Waals surface area contributed by atoms with Crippen LogP contribution in [0.1, 0.15) is 84.0 Å². The number of rotatable bonds is 14. The first-order valence-electron chi connectivity index (χ1n) is 9.43. The molecule has 0 radical (unpaired) electrons. The average Bonchev–Trinajstić information content (AvgIpc) is 2.83. The molecule has 0 spiro atoms. The zero-order valence-electron chi connectivity index (χ0n) is 15.2. The molecular formula is C18H32N2O5. The second-order valence-corrected chi connectivity index (χ2v) is 6.99. The summed E-state index contributed by atoms with van der Waals surface area (Å²) in [6.07, 6.45) is 7.94. The summed E-state index contributed by atoms with van der Waals surface area (Å²) in [4.78, 5) is 34.3. The minimum absolute atomic E-state index is 0.159. The molecule has 1 heterocycles. The highest BCUT2D eigenvalue weighted by Crippen LogP contribution is 2.26. The van der Waals surface area contributed by atoms with Crippen molar-refractivity contribution in [2.45, 2.75) is 95.6 Å². The van der Waals surface area contributed by atoms with E-state index in [1.807, 2.05) is 0 Å². The molecule has 25 heavy (non-hydrogen) atoms. The molecule has 1 aliphatic rings. The predicted octanol–water partition coefficient (Wildman–Crippen LogP) is 2.71. The van der Waals surface area contributed by atoms with Gasteiger partial charge in [-0.1, -0.05) is 45.4 Å². The molecule has 0 saturated carbocycles. The van der Waals surface area contributed by atoms with E-state index in [0.717, 1.165) is 38.5 Å². The number of carboxylic acid groups (broad SMARTS) is 1. The zero-order chi connectivity index (χ0) is 18.7. The highest BCUT2D eigenvalue weighted by molar-refractivity contribution is 6.06. The van der Waals surface area contributed by atoms with Crippen LogP contribution in [0.2, 0.25) is 0 Å². The van der Waals surface area contributed by atoms with Crippen molar-refractivity contribution in [3.63, 3.8) is 0 Å². The van der Waals surface area contributed by atoms with Gasteiger partial charge in [0.05, 0.1) is 6.10 Å². The number of amides is 3. The third kappa shape index (κ3) is 7.86. The summed E-state index contributed by atoms with van der Waals surface area (Å²) in [6.45, 7) is 2.11. The van der Waals surface area contributed by atoms with E-state index in [4.69, 9.17) is 5.11 Å². The number of urea groups is 1. The number of hydrogen-bond donors (Lipinski definition) is 4. The molecule has 7 nitrogen and oxygen atoms in total. The summed E-state index contributed by atoms with van der Waals surface area (Å²) >= 11 is 0. The van der Waals surface area contributed by atoms with Crippen LogP contribution in [-0.2, 0) is 9.59 Å². The molecule has 0 bridgehead atoms. The molecule has 7 heteroatoms. The van der Waals surface area contributed by atoms with E-state index in [-0.39, 0.29) is 12.3 Å². The van der Waals surface area contributed by atoms with Gasteiger partial charge in [0.1, 0.15) is 5.54 Å². The SMILES string of the molecule is CCCCCC(O)CCC1(CCCCCCC(=O)O)NC(=O)NC1=O. The summed E-state index contributed by atoms with van der Waals surface area (Å²) in [5.41, 5.74) is -0.935. The second kappa shape index (κ2) is 11.1. The number of carbonyl (C=O) groups is 3. The monoisotopic (exact) mass is 356 g/mol. The molecule has 2 unspecified atom stereocenters. The van der Waals surface area contributed by atoms with Crippen LogP contribution in [0.25, 0.3) is 0 Å². The Morgan fingerprint density at radius 2 is 1.76 bits per heavy atom. The van der Waals surface area contributed by atoms with Crippen LogP contribution >= 0.6 is 0 Å². The molecule has 2 atom stereocenters. The fourth-order valence-electron chi connectivity index (χ4n) is 3.25. The number of aliphatic hydroxyl groups excluding tert-OH is 1. The summed E-state index contributed by atoms with van der Waals surface area (Å²) in [5, 5.41) is 23.8. The molecule has 1 saturated heterocycles. The van der Waals surface area contributed by atoms with E-state index in [1.54, 1.807) is 0 Å². The van der Waals surface area contributed by atoms with Crippen molar-refractivity contribution in [2.24, 2.45) is 0 Å². The van der Waals surface area contributed by atoms with Crippen molar-refractivity contribution in [2.75, 3.05) is 0 Å². The molecule has 3 amide bonds. The van der Waals surface area contributed by atoms with E-state index in [2.05, 4.69) is 17.6 Å². The molecule has 0 aromatic rings. The number of aliphatic carboxylic acids is 1. The van der Waals surface area contributed by atoms with E-state index in [0.29, 0.717) is 32.1 Å². The Balaban J connectivity index is 2.42. The Hall–Kier alpha value is -1.63. The lowest BCUT2D eigenvalue weighted by Gasteiger charge is -2.27. The first-order chi connectivity index (χ1) is 11.9. The molecule has 1 fully saturated rings. The number of imide groups is 1. The molecule has 144 valence electrons. The molecule has 0 aliphatic carbocycles. The third-order valence-corrected chi connectivity index (χ3v) is 4.80. The number of nitrogens with one attached hydrogen (secondary N) is 2. The van der Waals surface area contributed by atoms with Gasteiger partial charge in [-0.05, 0) is 32.1 Å². The van der Waals surface area contributed by atoms with Crippen LogP contribution in [0.4, 0.5) is 4.79 Å². The van der Waals surface area contributed by atoms with Gasteiger partial charge < -0.3 is 15.5 Å². The maximum absolute atomic E-state index is 12.2. The van der Waals surface area contributed by atoms with Crippen molar-refractivity contribution in [3.05, 3.63) is 0 Å². The van der Waals surface area contributed by atoms with Gasteiger partial charge in [-0.3, -0.25) is 14.9 Å². The number of hydrogen-bond acceptors (Lipinski definition) is 4. The quantitative estimate of drug-likeness (QED) is 0.282. The van der Waals surface area contributed by atoms with Gasteiger partial charge in [-0.15, -0.1) is 0 Å². The normalized spacial score (nSPS) is 21.0.